The second-order valence-electron chi connectivity index (χ2n) is 9.73. The Labute approximate surface area is 217 Å². The zero-order chi connectivity index (χ0) is 27.9. The Hall–Kier alpha value is -1.54. The number of aliphatic hydroxyl groups is 6. The van der Waals surface area contributed by atoms with Crippen LogP contribution in [0.3, 0.4) is 0 Å². The first-order valence-corrected chi connectivity index (χ1v) is 12.3. The van der Waals surface area contributed by atoms with E-state index in [1.807, 2.05) is 0 Å². The summed E-state index contributed by atoms with van der Waals surface area (Å²) in [6.45, 7) is 2.35. The van der Waals surface area contributed by atoms with Crippen LogP contribution in [0.25, 0.3) is 0 Å². The van der Waals surface area contributed by atoms with Crippen LogP contribution in [0.15, 0.2) is 0 Å². The molecule has 0 aromatic rings. The van der Waals surface area contributed by atoms with E-state index >= 15 is 0 Å². The highest BCUT2D eigenvalue weighted by atomic mass is 16.8. The Bertz CT molecular complexity index is 848. The van der Waals surface area contributed by atoms with Gasteiger partial charge in [-0.25, -0.2) is 0 Å². The predicted octanol–water partition coefficient (Wildman–Crippen LogP) is -4.79. The Balaban J connectivity index is 1.84. The highest BCUT2D eigenvalue weighted by Crippen LogP contribution is 2.37. The molecule has 0 aromatic heterocycles. The van der Waals surface area contributed by atoms with E-state index in [-0.39, 0.29) is 0 Å². The van der Waals surface area contributed by atoms with Gasteiger partial charge in [0.25, 0.3) is 0 Å². The van der Waals surface area contributed by atoms with Crippen LogP contribution in [0.4, 0.5) is 0 Å². The molecule has 4 saturated heterocycles. The van der Waals surface area contributed by atoms with Gasteiger partial charge in [0.05, 0.1) is 19.3 Å². The quantitative estimate of drug-likeness (QED) is 0.162. The average molecular weight is 554 g/mol. The molecule has 16 nitrogen and oxygen atoms in total. The molecule has 16 heteroatoms. The molecule has 0 aromatic carbocycles. The third-order valence-corrected chi connectivity index (χ3v) is 6.98. The topological polar surface area (TPSA) is 232 Å². The van der Waals surface area contributed by atoms with Gasteiger partial charge in [-0.15, -0.1) is 0 Å². The van der Waals surface area contributed by atoms with Gasteiger partial charge in [0.2, 0.25) is 5.91 Å². The molecule has 0 saturated carbocycles. The van der Waals surface area contributed by atoms with Crippen LogP contribution in [0.5, 0.6) is 0 Å². The molecule has 38 heavy (non-hydrogen) atoms. The van der Waals surface area contributed by atoms with Crippen LogP contribution in [0.2, 0.25) is 0 Å². The molecule has 15 atom stereocenters. The number of carbonyl (C=O) groups is 2. The molecular formula is C22H35NO15. The summed E-state index contributed by atoms with van der Waals surface area (Å²) in [5.74, 6) is -1.38. The molecule has 0 spiro atoms. The Morgan fingerprint density at radius 3 is 1.89 bits per heavy atom. The van der Waals surface area contributed by atoms with Crippen molar-refractivity contribution in [3.8, 4) is 0 Å². The third-order valence-electron chi connectivity index (χ3n) is 6.98. The number of aliphatic hydroxyl groups excluding tert-OH is 6. The summed E-state index contributed by atoms with van der Waals surface area (Å²) in [6, 6.07) is -1.29. The van der Waals surface area contributed by atoms with Crippen molar-refractivity contribution in [3.05, 3.63) is 0 Å². The predicted molar refractivity (Wildman–Crippen MR) is 118 cm³/mol. The minimum atomic E-state index is -1.75. The number of amides is 1. The van der Waals surface area contributed by atoms with Crippen LogP contribution in [-0.2, 0) is 42.7 Å². The molecular weight excluding hydrogens is 518 g/mol. The molecule has 4 aliphatic rings. The normalized spacial score (nSPS) is 49.2. The zero-order valence-corrected chi connectivity index (χ0v) is 20.9. The number of ether oxygens (including phenoxy) is 7. The lowest BCUT2D eigenvalue weighted by atomic mass is 9.95. The first-order chi connectivity index (χ1) is 18.0. The number of esters is 1. The lowest BCUT2D eigenvalue weighted by Gasteiger charge is -2.47. The van der Waals surface area contributed by atoms with Crippen molar-refractivity contribution in [2.45, 2.75) is 113 Å². The molecule has 4 fully saturated rings. The maximum atomic E-state index is 12.1. The molecule has 0 radical (unpaired) electrons. The summed E-state index contributed by atoms with van der Waals surface area (Å²) in [4.78, 5) is 24.1. The summed E-state index contributed by atoms with van der Waals surface area (Å²) in [5.41, 5.74) is 0. The van der Waals surface area contributed by atoms with Gasteiger partial charge in [0.15, 0.2) is 25.0 Å². The van der Waals surface area contributed by atoms with Crippen molar-refractivity contribution in [2.24, 2.45) is 0 Å². The summed E-state index contributed by atoms with van der Waals surface area (Å²) in [7, 11) is 0. The lowest BCUT2D eigenvalue weighted by molar-refractivity contribution is -0.367. The fourth-order valence-electron chi connectivity index (χ4n) is 5.08. The van der Waals surface area contributed by atoms with Gasteiger partial charge in [-0.1, -0.05) is 0 Å². The average Bonchev–Trinajstić information content (AvgIpc) is 2.86. The van der Waals surface area contributed by atoms with E-state index in [9.17, 15) is 40.2 Å². The summed E-state index contributed by atoms with van der Waals surface area (Å²) in [6.07, 6.45) is -20.4. The van der Waals surface area contributed by atoms with E-state index in [1.54, 1.807) is 0 Å². The van der Waals surface area contributed by atoms with Crippen molar-refractivity contribution in [2.75, 3.05) is 13.2 Å². The van der Waals surface area contributed by atoms with Crippen molar-refractivity contribution in [3.63, 3.8) is 0 Å². The molecule has 0 unspecified atom stereocenters. The first-order valence-electron chi connectivity index (χ1n) is 12.3. The molecule has 4 heterocycles. The van der Waals surface area contributed by atoms with E-state index in [0.717, 1.165) is 6.92 Å². The SMILES string of the molecule is CC(=O)N[C@H]1[C@@H]2O[C@H]3[C@H](O[C@@H]4[C@H](O)[C@H](C)O[C@@H](O[C@H]1[C@H](O)[C@@H](CO)O2)[C@@H]4OC(C)=O)O[C@H](CO)[C@@H](O)[C@@H]3O. The number of hydrogen-bond acceptors (Lipinski definition) is 15. The fraction of sp³-hybridized carbons (Fsp3) is 0.909. The molecule has 4 bridgehead atoms. The number of rotatable bonds is 4. The maximum absolute atomic E-state index is 12.1. The van der Waals surface area contributed by atoms with Gasteiger partial charge in [-0.05, 0) is 6.92 Å². The second-order valence-corrected chi connectivity index (χ2v) is 9.73. The van der Waals surface area contributed by atoms with Gasteiger partial charge in [-0.2, -0.15) is 0 Å². The van der Waals surface area contributed by atoms with Gasteiger partial charge < -0.3 is 69.1 Å². The molecule has 4 rings (SSSR count). The summed E-state index contributed by atoms with van der Waals surface area (Å²) < 4.78 is 40.5. The van der Waals surface area contributed by atoms with E-state index in [1.165, 1.54) is 13.8 Å². The van der Waals surface area contributed by atoms with Crippen molar-refractivity contribution >= 4 is 11.9 Å². The fourth-order valence-corrected chi connectivity index (χ4v) is 5.08. The summed E-state index contributed by atoms with van der Waals surface area (Å²) >= 11 is 0. The van der Waals surface area contributed by atoms with E-state index in [4.69, 9.17) is 33.2 Å². The highest BCUT2D eigenvalue weighted by molar-refractivity contribution is 5.73. The van der Waals surface area contributed by atoms with Crippen LogP contribution in [0.1, 0.15) is 20.8 Å². The number of fused-ring (bicyclic) bond motifs is 5. The number of hydrogen-bond donors (Lipinski definition) is 7. The van der Waals surface area contributed by atoms with Gasteiger partial charge in [0.1, 0.15) is 61.0 Å². The molecule has 0 aliphatic carbocycles. The molecule has 7 N–H and O–H groups in total. The Morgan fingerprint density at radius 2 is 1.29 bits per heavy atom. The van der Waals surface area contributed by atoms with Crippen molar-refractivity contribution in [1.29, 1.82) is 0 Å². The standard InChI is InChI=1S/C22H35NO15/c1-6-12(28)17-19(33-8(3)27)22(32-6)36-16-11(23-7(2)26)20(34-10(5-25)14(16)30)38-18-15(31)13(29)9(4-24)35-21(18)37-17/h6,9-22,24-25,28-31H,4-5H2,1-3H3,(H,23,26)/t6-,9+,10+,11+,12+,13+,14+,15-,16+,17+,18+,19+,20-,21-,22-/m0/s1. The maximum Gasteiger partial charge on any atom is 0.303 e. The monoisotopic (exact) mass is 553 g/mol. The highest BCUT2D eigenvalue weighted by Gasteiger charge is 2.57. The van der Waals surface area contributed by atoms with E-state index in [0.29, 0.717) is 0 Å². The Kier molecular flexibility index (Phi) is 9.23. The van der Waals surface area contributed by atoms with E-state index in [2.05, 4.69) is 5.32 Å². The number of carbonyl (C=O) groups excluding carboxylic acids is 2. The van der Waals surface area contributed by atoms with Gasteiger partial charge >= 0.3 is 5.97 Å². The van der Waals surface area contributed by atoms with E-state index < -0.39 is 117 Å². The Morgan fingerprint density at radius 1 is 0.711 bits per heavy atom. The second kappa shape index (κ2) is 11.9. The van der Waals surface area contributed by atoms with Crippen LogP contribution >= 0.6 is 0 Å². The van der Waals surface area contributed by atoms with Gasteiger partial charge in [0, 0.05) is 13.8 Å². The minimum absolute atomic E-state index is 0.582. The molecule has 4 aliphatic heterocycles. The molecule has 218 valence electrons. The smallest absolute Gasteiger partial charge is 0.303 e. The van der Waals surface area contributed by atoms with Crippen molar-refractivity contribution in [1.82, 2.24) is 5.32 Å². The van der Waals surface area contributed by atoms with Crippen LogP contribution in [0, 0.1) is 0 Å². The number of nitrogens with one attached hydrogen (secondary N) is 1. The third kappa shape index (κ3) is 5.67. The lowest BCUT2D eigenvalue weighted by Crippen LogP contribution is -2.68. The van der Waals surface area contributed by atoms with Crippen LogP contribution in [-0.4, -0.2) is 148 Å². The summed E-state index contributed by atoms with van der Waals surface area (Å²) in [5, 5.41) is 65.4. The minimum Gasteiger partial charge on any atom is -0.454 e. The van der Waals surface area contributed by atoms with Gasteiger partial charge in [-0.3, -0.25) is 9.59 Å². The largest absolute Gasteiger partial charge is 0.454 e. The molecule has 1 amide bonds. The zero-order valence-electron chi connectivity index (χ0n) is 20.9. The van der Waals surface area contributed by atoms with Crippen LogP contribution < -0.4 is 5.32 Å². The van der Waals surface area contributed by atoms with Crippen molar-refractivity contribution < 1.29 is 73.4 Å². The first kappa shape index (κ1) is 29.4.